The van der Waals surface area contributed by atoms with Crippen LogP contribution in [-0.2, 0) is 13.1 Å². The van der Waals surface area contributed by atoms with Crippen molar-refractivity contribution in [1.29, 1.82) is 0 Å². The zero-order valence-electron chi connectivity index (χ0n) is 13.2. The maximum atomic E-state index is 5.46. The van der Waals surface area contributed by atoms with Gasteiger partial charge in [-0.2, -0.15) is 0 Å². The van der Waals surface area contributed by atoms with Crippen molar-refractivity contribution in [1.82, 2.24) is 20.4 Å². The molecule has 0 aliphatic carbocycles. The van der Waals surface area contributed by atoms with Gasteiger partial charge in [0.05, 0.1) is 6.54 Å². The van der Waals surface area contributed by atoms with Crippen LogP contribution in [-0.4, -0.2) is 27.4 Å². The minimum absolute atomic E-state index is 0.654. The SMILES string of the molecule is CN(Cc1cc(-c2ccccc2)no1)Cc1cccc2nonc12. The molecule has 0 bridgehead atoms. The first-order chi connectivity index (χ1) is 11.8. The molecule has 4 rings (SSSR count). The molecule has 0 N–H and O–H groups in total. The van der Waals surface area contributed by atoms with E-state index in [9.17, 15) is 0 Å². The Balaban J connectivity index is 1.48. The summed E-state index contributed by atoms with van der Waals surface area (Å²) in [4.78, 5) is 2.14. The molecule has 4 aromatic rings. The van der Waals surface area contributed by atoms with Crippen LogP contribution in [0.2, 0.25) is 0 Å². The van der Waals surface area contributed by atoms with E-state index >= 15 is 0 Å². The van der Waals surface area contributed by atoms with Gasteiger partial charge >= 0.3 is 0 Å². The predicted octanol–water partition coefficient (Wildman–Crippen LogP) is 3.51. The van der Waals surface area contributed by atoms with Gasteiger partial charge < -0.3 is 4.52 Å². The van der Waals surface area contributed by atoms with Crippen molar-refractivity contribution in [2.75, 3.05) is 7.05 Å². The lowest BCUT2D eigenvalue weighted by Gasteiger charge is -2.14. The Morgan fingerprint density at radius 2 is 1.79 bits per heavy atom. The van der Waals surface area contributed by atoms with E-state index in [4.69, 9.17) is 9.15 Å². The summed E-state index contributed by atoms with van der Waals surface area (Å²) >= 11 is 0. The Morgan fingerprint density at radius 3 is 2.67 bits per heavy atom. The molecule has 0 unspecified atom stereocenters. The topological polar surface area (TPSA) is 68.2 Å². The lowest BCUT2D eigenvalue weighted by molar-refractivity contribution is 0.267. The molecule has 0 atom stereocenters. The molecule has 2 heterocycles. The van der Waals surface area contributed by atoms with Gasteiger partial charge in [-0.3, -0.25) is 4.90 Å². The van der Waals surface area contributed by atoms with Crippen molar-refractivity contribution < 1.29 is 9.15 Å². The van der Waals surface area contributed by atoms with Crippen LogP contribution in [0.4, 0.5) is 0 Å². The fourth-order valence-electron chi connectivity index (χ4n) is 2.73. The standard InChI is InChI=1S/C18H16N4O2/c1-22(11-14-8-5-9-16-18(14)21-24-20-16)12-15-10-17(19-23-15)13-6-3-2-4-7-13/h2-10H,11-12H2,1H3. The molecule has 0 fully saturated rings. The molecule has 0 amide bonds. The number of hydrogen-bond donors (Lipinski definition) is 0. The third kappa shape index (κ3) is 2.91. The van der Waals surface area contributed by atoms with Gasteiger partial charge in [0.25, 0.3) is 0 Å². The largest absolute Gasteiger partial charge is 0.359 e. The second kappa shape index (κ2) is 6.25. The number of benzene rings is 2. The normalized spacial score (nSPS) is 11.4. The first kappa shape index (κ1) is 14.6. The highest BCUT2D eigenvalue weighted by Crippen LogP contribution is 2.20. The van der Waals surface area contributed by atoms with Gasteiger partial charge in [-0.15, -0.1) is 0 Å². The molecule has 2 aromatic carbocycles. The zero-order valence-corrected chi connectivity index (χ0v) is 13.2. The van der Waals surface area contributed by atoms with Crippen LogP contribution in [0.15, 0.2) is 63.7 Å². The van der Waals surface area contributed by atoms with Gasteiger partial charge in [-0.25, -0.2) is 4.63 Å². The van der Waals surface area contributed by atoms with E-state index in [-0.39, 0.29) is 0 Å². The number of hydrogen-bond acceptors (Lipinski definition) is 6. The first-order valence-corrected chi connectivity index (χ1v) is 7.69. The Labute approximate surface area is 138 Å². The number of fused-ring (bicyclic) bond motifs is 1. The minimum atomic E-state index is 0.654. The Bertz CT molecular complexity index is 946. The van der Waals surface area contributed by atoms with Crippen LogP contribution < -0.4 is 0 Å². The van der Waals surface area contributed by atoms with Crippen LogP contribution >= 0.6 is 0 Å². The third-order valence-corrected chi connectivity index (χ3v) is 3.86. The summed E-state index contributed by atoms with van der Waals surface area (Å²) in [6, 6.07) is 17.8. The van der Waals surface area contributed by atoms with Crippen molar-refractivity contribution >= 4 is 11.0 Å². The Morgan fingerprint density at radius 1 is 0.917 bits per heavy atom. The van der Waals surface area contributed by atoms with E-state index in [1.54, 1.807) is 0 Å². The highest BCUT2D eigenvalue weighted by Gasteiger charge is 2.12. The third-order valence-electron chi connectivity index (χ3n) is 3.86. The second-order valence-electron chi connectivity index (χ2n) is 5.77. The van der Waals surface area contributed by atoms with Gasteiger partial charge in [0.15, 0.2) is 5.76 Å². The lowest BCUT2D eigenvalue weighted by Crippen LogP contribution is -2.17. The number of rotatable bonds is 5. The van der Waals surface area contributed by atoms with E-state index in [2.05, 4.69) is 20.4 Å². The molecule has 0 radical (unpaired) electrons. The smallest absolute Gasteiger partial charge is 0.151 e. The van der Waals surface area contributed by atoms with E-state index in [1.807, 2.05) is 61.6 Å². The van der Waals surface area contributed by atoms with Crippen molar-refractivity contribution in [3.05, 3.63) is 65.9 Å². The van der Waals surface area contributed by atoms with Crippen molar-refractivity contribution in [3.63, 3.8) is 0 Å². The summed E-state index contributed by atoms with van der Waals surface area (Å²) < 4.78 is 10.3. The maximum absolute atomic E-state index is 5.46. The van der Waals surface area contributed by atoms with E-state index < -0.39 is 0 Å². The summed E-state index contributed by atoms with van der Waals surface area (Å²) in [6.07, 6.45) is 0. The lowest BCUT2D eigenvalue weighted by atomic mass is 10.1. The van der Waals surface area contributed by atoms with Gasteiger partial charge in [0.1, 0.15) is 16.7 Å². The van der Waals surface area contributed by atoms with Crippen LogP contribution in [0.3, 0.4) is 0 Å². The first-order valence-electron chi connectivity index (χ1n) is 7.69. The molecular weight excluding hydrogens is 304 g/mol. The molecule has 120 valence electrons. The molecule has 0 saturated heterocycles. The maximum Gasteiger partial charge on any atom is 0.151 e. The van der Waals surface area contributed by atoms with Gasteiger partial charge in [-0.1, -0.05) is 47.6 Å². The highest BCUT2D eigenvalue weighted by molar-refractivity contribution is 5.76. The van der Waals surface area contributed by atoms with Crippen molar-refractivity contribution in [2.24, 2.45) is 0 Å². The van der Waals surface area contributed by atoms with E-state index in [1.165, 1.54) is 0 Å². The molecule has 0 spiro atoms. The van der Waals surface area contributed by atoms with Crippen molar-refractivity contribution in [2.45, 2.75) is 13.1 Å². The average Bonchev–Trinajstić information content (AvgIpc) is 3.25. The van der Waals surface area contributed by atoms with Gasteiger partial charge in [0.2, 0.25) is 0 Å². The zero-order chi connectivity index (χ0) is 16.4. The van der Waals surface area contributed by atoms with Crippen molar-refractivity contribution in [3.8, 4) is 11.3 Å². The molecule has 6 nitrogen and oxygen atoms in total. The number of nitrogens with zero attached hydrogens (tertiary/aromatic N) is 4. The molecule has 24 heavy (non-hydrogen) atoms. The summed E-state index contributed by atoms with van der Waals surface area (Å²) in [5, 5.41) is 12.0. The van der Waals surface area contributed by atoms with Gasteiger partial charge in [-0.05, 0) is 29.0 Å². The van der Waals surface area contributed by atoms with Crippen LogP contribution in [0, 0.1) is 0 Å². The summed E-state index contributed by atoms with van der Waals surface area (Å²) in [7, 11) is 2.02. The number of aromatic nitrogens is 3. The van der Waals surface area contributed by atoms with E-state index in [0.29, 0.717) is 13.1 Å². The average molecular weight is 320 g/mol. The summed E-state index contributed by atoms with van der Waals surface area (Å²) in [5.74, 6) is 0.821. The fraction of sp³-hybridized carbons (Fsp3) is 0.167. The summed E-state index contributed by atoms with van der Waals surface area (Å²) in [6.45, 7) is 1.37. The summed E-state index contributed by atoms with van der Waals surface area (Å²) in [5.41, 5.74) is 4.54. The van der Waals surface area contributed by atoms with Crippen LogP contribution in [0.25, 0.3) is 22.3 Å². The molecule has 2 aromatic heterocycles. The highest BCUT2D eigenvalue weighted by atomic mass is 16.6. The predicted molar refractivity (Wildman–Crippen MR) is 88.9 cm³/mol. The van der Waals surface area contributed by atoms with Gasteiger partial charge in [0, 0.05) is 18.2 Å². The van der Waals surface area contributed by atoms with E-state index in [0.717, 1.165) is 33.6 Å². The Hall–Kier alpha value is -2.99. The minimum Gasteiger partial charge on any atom is -0.359 e. The fourth-order valence-corrected chi connectivity index (χ4v) is 2.73. The van der Waals surface area contributed by atoms with Crippen LogP contribution in [0.1, 0.15) is 11.3 Å². The molecular formula is C18H16N4O2. The van der Waals surface area contributed by atoms with Crippen LogP contribution in [0.5, 0.6) is 0 Å². The monoisotopic (exact) mass is 320 g/mol. The molecule has 0 aliphatic heterocycles. The molecule has 6 heteroatoms. The Kier molecular flexibility index (Phi) is 3.80. The molecule has 0 saturated carbocycles. The second-order valence-corrected chi connectivity index (χ2v) is 5.77. The molecule has 0 aliphatic rings. The quantitative estimate of drug-likeness (QED) is 0.560.